The lowest BCUT2D eigenvalue weighted by atomic mass is 10.3. The largest absolute Gasteiger partial charge is 0.435 e. The standard InChI is InChI=1S/C11H11F2N3O/c1-7-6-10(14)15-16(7)8-2-4-9(5-3-8)17-11(12)13/h2-6,11H,1H3,(H2,14,15). The van der Waals surface area contributed by atoms with E-state index in [1.165, 1.54) is 12.1 Å². The van der Waals surface area contributed by atoms with Crippen molar-refractivity contribution < 1.29 is 13.5 Å². The van der Waals surface area contributed by atoms with E-state index in [4.69, 9.17) is 5.73 Å². The summed E-state index contributed by atoms with van der Waals surface area (Å²) >= 11 is 0. The number of anilines is 1. The number of hydrogen-bond acceptors (Lipinski definition) is 3. The van der Waals surface area contributed by atoms with Crippen LogP contribution in [0.3, 0.4) is 0 Å². The van der Waals surface area contributed by atoms with Gasteiger partial charge < -0.3 is 10.5 Å². The smallest absolute Gasteiger partial charge is 0.387 e. The molecule has 6 heteroatoms. The predicted octanol–water partition coefficient (Wildman–Crippen LogP) is 2.36. The number of alkyl halides is 2. The summed E-state index contributed by atoms with van der Waals surface area (Å²) in [7, 11) is 0. The molecule has 0 spiro atoms. The van der Waals surface area contributed by atoms with Crippen LogP contribution >= 0.6 is 0 Å². The molecule has 0 aliphatic rings. The summed E-state index contributed by atoms with van der Waals surface area (Å²) in [4.78, 5) is 0. The van der Waals surface area contributed by atoms with E-state index >= 15 is 0 Å². The zero-order valence-corrected chi connectivity index (χ0v) is 9.10. The minimum absolute atomic E-state index is 0.113. The van der Waals surface area contributed by atoms with Gasteiger partial charge in [0.15, 0.2) is 0 Å². The fourth-order valence-corrected chi connectivity index (χ4v) is 1.53. The molecule has 0 amide bonds. The Morgan fingerprint density at radius 1 is 1.29 bits per heavy atom. The number of rotatable bonds is 3. The predicted molar refractivity (Wildman–Crippen MR) is 59.3 cm³/mol. The Kier molecular flexibility index (Phi) is 2.95. The van der Waals surface area contributed by atoms with Crippen LogP contribution in [-0.2, 0) is 0 Å². The molecular formula is C11H11F2N3O. The van der Waals surface area contributed by atoms with Crippen LogP contribution in [0.25, 0.3) is 5.69 Å². The van der Waals surface area contributed by atoms with Crippen LogP contribution in [0, 0.1) is 6.92 Å². The molecule has 0 aliphatic carbocycles. The van der Waals surface area contributed by atoms with Gasteiger partial charge in [0, 0.05) is 11.8 Å². The molecule has 17 heavy (non-hydrogen) atoms. The maximum Gasteiger partial charge on any atom is 0.387 e. The van der Waals surface area contributed by atoms with E-state index in [-0.39, 0.29) is 5.75 Å². The molecule has 2 rings (SSSR count). The molecule has 0 saturated heterocycles. The molecule has 0 atom stereocenters. The molecule has 0 aliphatic heterocycles. The molecule has 2 aromatic rings. The van der Waals surface area contributed by atoms with Crippen LogP contribution in [0.15, 0.2) is 30.3 Å². The van der Waals surface area contributed by atoms with Gasteiger partial charge in [0.2, 0.25) is 0 Å². The molecule has 4 nitrogen and oxygen atoms in total. The summed E-state index contributed by atoms with van der Waals surface area (Å²) in [6, 6.07) is 7.91. The molecule has 1 aromatic heterocycles. The molecule has 1 aromatic carbocycles. The van der Waals surface area contributed by atoms with E-state index in [9.17, 15) is 8.78 Å². The van der Waals surface area contributed by atoms with Gasteiger partial charge in [-0.05, 0) is 31.2 Å². The molecule has 0 radical (unpaired) electrons. The van der Waals surface area contributed by atoms with Crippen molar-refractivity contribution in [2.75, 3.05) is 5.73 Å². The summed E-state index contributed by atoms with van der Waals surface area (Å²) in [6.45, 7) is -0.963. The normalized spacial score (nSPS) is 10.8. The first-order chi connectivity index (χ1) is 8.06. The number of halogens is 2. The first-order valence-corrected chi connectivity index (χ1v) is 4.93. The number of hydrogen-bond donors (Lipinski definition) is 1. The second kappa shape index (κ2) is 4.40. The van der Waals surface area contributed by atoms with Gasteiger partial charge in [-0.2, -0.15) is 13.9 Å². The Labute approximate surface area is 96.6 Å². The highest BCUT2D eigenvalue weighted by molar-refractivity contribution is 5.41. The Balaban J connectivity index is 2.26. The van der Waals surface area contributed by atoms with Crippen LogP contribution < -0.4 is 10.5 Å². The lowest BCUT2D eigenvalue weighted by Gasteiger charge is -2.07. The van der Waals surface area contributed by atoms with Crippen LogP contribution in [0.4, 0.5) is 14.6 Å². The van der Waals surface area contributed by atoms with Gasteiger partial charge in [0.25, 0.3) is 0 Å². The Morgan fingerprint density at radius 3 is 2.41 bits per heavy atom. The molecular weight excluding hydrogens is 228 g/mol. The molecule has 2 N–H and O–H groups in total. The van der Waals surface area contributed by atoms with Gasteiger partial charge in [0.05, 0.1) is 5.69 Å². The van der Waals surface area contributed by atoms with E-state index in [1.54, 1.807) is 22.9 Å². The molecule has 1 heterocycles. The summed E-state index contributed by atoms with van der Waals surface area (Å²) in [6.07, 6.45) is 0. The molecule has 90 valence electrons. The van der Waals surface area contributed by atoms with E-state index in [1.807, 2.05) is 6.92 Å². The summed E-state index contributed by atoms with van der Waals surface area (Å²) < 4.78 is 29.8. The SMILES string of the molecule is Cc1cc(N)nn1-c1ccc(OC(F)F)cc1. The Hall–Kier alpha value is -2.11. The van der Waals surface area contributed by atoms with Crippen molar-refractivity contribution in [2.24, 2.45) is 0 Å². The highest BCUT2D eigenvalue weighted by Gasteiger charge is 2.06. The van der Waals surface area contributed by atoms with Gasteiger partial charge in [-0.25, -0.2) is 4.68 Å². The second-order valence-electron chi connectivity index (χ2n) is 3.49. The van der Waals surface area contributed by atoms with Gasteiger partial charge in [-0.3, -0.25) is 0 Å². The summed E-state index contributed by atoms with van der Waals surface area (Å²) in [5.41, 5.74) is 7.16. The van der Waals surface area contributed by atoms with Crippen LogP contribution in [0.2, 0.25) is 0 Å². The van der Waals surface area contributed by atoms with Gasteiger partial charge >= 0.3 is 6.61 Å². The highest BCUT2D eigenvalue weighted by atomic mass is 19.3. The number of aromatic nitrogens is 2. The Bertz CT molecular complexity index is 508. The monoisotopic (exact) mass is 239 g/mol. The third-order valence-corrected chi connectivity index (χ3v) is 2.21. The minimum atomic E-state index is -2.82. The highest BCUT2D eigenvalue weighted by Crippen LogP contribution is 2.18. The fourth-order valence-electron chi connectivity index (χ4n) is 1.53. The van der Waals surface area contributed by atoms with Crippen LogP contribution in [0.1, 0.15) is 5.69 Å². The van der Waals surface area contributed by atoms with E-state index in [0.717, 1.165) is 11.4 Å². The lowest BCUT2D eigenvalue weighted by molar-refractivity contribution is -0.0498. The van der Waals surface area contributed by atoms with Crippen molar-refractivity contribution in [2.45, 2.75) is 13.5 Å². The van der Waals surface area contributed by atoms with Crippen molar-refractivity contribution in [3.63, 3.8) is 0 Å². The third-order valence-electron chi connectivity index (χ3n) is 2.21. The topological polar surface area (TPSA) is 53.1 Å². The zero-order chi connectivity index (χ0) is 12.4. The summed E-state index contributed by atoms with van der Waals surface area (Å²) in [5, 5.41) is 4.08. The van der Waals surface area contributed by atoms with Crippen molar-refractivity contribution in [1.82, 2.24) is 9.78 Å². The number of benzene rings is 1. The number of nitrogens with zero attached hydrogens (tertiary/aromatic N) is 2. The van der Waals surface area contributed by atoms with Crippen LogP contribution in [0.5, 0.6) is 5.75 Å². The molecule has 0 saturated carbocycles. The quantitative estimate of drug-likeness (QED) is 0.894. The first-order valence-electron chi connectivity index (χ1n) is 4.93. The average Bonchev–Trinajstić information content (AvgIpc) is 2.58. The summed E-state index contributed by atoms with van der Waals surface area (Å²) in [5.74, 6) is 0.525. The van der Waals surface area contributed by atoms with Crippen molar-refractivity contribution in [3.8, 4) is 11.4 Å². The number of nitrogen functional groups attached to an aromatic ring is 1. The Morgan fingerprint density at radius 2 is 1.94 bits per heavy atom. The molecule has 0 fully saturated rings. The van der Waals surface area contributed by atoms with Crippen molar-refractivity contribution >= 4 is 5.82 Å². The maximum atomic E-state index is 12.0. The van der Waals surface area contributed by atoms with Crippen molar-refractivity contribution in [1.29, 1.82) is 0 Å². The lowest BCUT2D eigenvalue weighted by Crippen LogP contribution is -2.03. The van der Waals surface area contributed by atoms with E-state index < -0.39 is 6.61 Å². The second-order valence-corrected chi connectivity index (χ2v) is 3.49. The van der Waals surface area contributed by atoms with E-state index in [2.05, 4.69) is 9.84 Å². The third kappa shape index (κ3) is 2.52. The maximum absolute atomic E-state index is 12.0. The van der Waals surface area contributed by atoms with E-state index in [0.29, 0.717) is 5.82 Å². The number of nitrogens with two attached hydrogens (primary N) is 1. The average molecular weight is 239 g/mol. The van der Waals surface area contributed by atoms with Gasteiger partial charge in [-0.15, -0.1) is 0 Å². The fraction of sp³-hybridized carbons (Fsp3) is 0.182. The molecule has 0 bridgehead atoms. The minimum Gasteiger partial charge on any atom is -0.435 e. The van der Waals surface area contributed by atoms with Crippen LogP contribution in [-0.4, -0.2) is 16.4 Å². The van der Waals surface area contributed by atoms with Crippen molar-refractivity contribution in [3.05, 3.63) is 36.0 Å². The first kappa shape index (κ1) is 11.4. The van der Waals surface area contributed by atoms with Gasteiger partial charge in [0.1, 0.15) is 11.6 Å². The molecule has 0 unspecified atom stereocenters. The number of aryl methyl sites for hydroxylation is 1. The number of ether oxygens (including phenoxy) is 1. The zero-order valence-electron chi connectivity index (χ0n) is 9.10. The van der Waals surface area contributed by atoms with Gasteiger partial charge in [-0.1, -0.05) is 0 Å².